The number of aliphatic hydroxyl groups excluding tert-OH is 1. The average molecular weight is 250 g/mol. The van der Waals surface area contributed by atoms with Crippen molar-refractivity contribution in [2.24, 2.45) is 0 Å². The molecule has 3 nitrogen and oxygen atoms in total. The Hall–Kier alpha value is -1.06. The smallest absolute Gasteiger partial charge is 0.0606 e. The lowest BCUT2D eigenvalue weighted by molar-refractivity contribution is 0.301. The summed E-state index contributed by atoms with van der Waals surface area (Å²) in [5.41, 5.74) is 3.85. The fraction of sp³-hybridized carbons (Fsp3) is 0.600. The monoisotopic (exact) mass is 250 g/mol. The Balaban J connectivity index is 2.95. The summed E-state index contributed by atoms with van der Waals surface area (Å²) in [6.45, 7) is 10.2. The fourth-order valence-electron chi connectivity index (χ4n) is 2.17. The Morgan fingerprint density at radius 3 is 2.61 bits per heavy atom. The van der Waals surface area contributed by atoms with E-state index in [-0.39, 0.29) is 6.61 Å². The lowest BCUT2D eigenvalue weighted by Gasteiger charge is -2.26. The van der Waals surface area contributed by atoms with Gasteiger partial charge in [0.05, 0.1) is 6.61 Å². The molecule has 102 valence electrons. The molecule has 1 aromatic carbocycles. The van der Waals surface area contributed by atoms with E-state index >= 15 is 0 Å². The van der Waals surface area contributed by atoms with E-state index in [2.05, 4.69) is 49.2 Å². The number of rotatable bonds is 8. The largest absolute Gasteiger partial charge is 0.395 e. The van der Waals surface area contributed by atoms with Gasteiger partial charge in [-0.25, -0.2) is 0 Å². The zero-order valence-corrected chi connectivity index (χ0v) is 11.9. The van der Waals surface area contributed by atoms with Crippen molar-refractivity contribution in [1.82, 2.24) is 5.32 Å². The molecule has 0 aliphatic heterocycles. The molecule has 0 heterocycles. The lowest BCUT2D eigenvalue weighted by Crippen LogP contribution is -2.29. The molecule has 0 saturated heterocycles. The highest BCUT2D eigenvalue weighted by molar-refractivity contribution is 5.55. The summed E-state index contributed by atoms with van der Waals surface area (Å²) < 4.78 is 0. The number of nitrogens with one attached hydrogen (secondary N) is 1. The second kappa shape index (κ2) is 8.11. The normalized spacial score (nSPS) is 10.7. The summed E-state index contributed by atoms with van der Waals surface area (Å²) in [5, 5.41) is 12.6. The quantitative estimate of drug-likeness (QED) is 0.743. The van der Waals surface area contributed by atoms with Gasteiger partial charge in [-0.3, -0.25) is 0 Å². The Labute approximate surface area is 111 Å². The van der Waals surface area contributed by atoms with E-state index in [1.807, 2.05) is 0 Å². The molecule has 18 heavy (non-hydrogen) atoms. The molecule has 0 amide bonds. The minimum Gasteiger partial charge on any atom is -0.395 e. The highest BCUT2D eigenvalue weighted by Crippen LogP contribution is 2.22. The van der Waals surface area contributed by atoms with Crippen LogP contribution in [0.3, 0.4) is 0 Å². The third kappa shape index (κ3) is 4.31. The maximum absolute atomic E-state index is 9.19. The van der Waals surface area contributed by atoms with Crippen LogP contribution in [0.2, 0.25) is 0 Å². The molecule has 0 fully saturated rings. The summed E-state index contributed by atoms with van der Waals surface area (Å²) in [5.74, 6) is 0. The summed E-state index contributed by atoms with van der Waals surface area (Å²) in [6, 6.07) is 6.55. The van der Waals surface area contributed by atoms with E-state index in [9.17, 15) is 5.11 Å². The van der Waals surface area contributed by atoms with E-state index in [0.29, 0.717) is 6.54 Å². The predicted molar refractivity (Wildman–Crippen MR) is 78.1 cm³/mol. The number of hydrogen-bond acceptors (Lipinski definition) is 3. The van der Waals surface area contributed by atoms with Gasteiger partial charge in [0.15, 0.2) is 0 Å². The minimum atomic E-state index is 0.203. The molecule has 3 heteroatoms. The molecule has 0 atom stereocenters. The number of benzene rings is 1. The van der Waals surface area contributed by atoms with Crippen LogP contribution in [-0.4, -0.2) is 31.3 Å². The number of nitrogens with zero attached hydrogens (tertiary/aromatic N) is 1. The molecular formula is C15H26N2O. The first-order chi connectivity index (χ1) is 8.72. The Morgan fingerprint density at radius 2 is 2.00 bits per heavy atom. The van der Waals surface area contributed by atoms with Gasteiger partial charge in [0, 0.05) is 25.3 Å². The molecule has 1 rings (SSSR count). The van der Waals surface area contributed by atoms with Crippen molar-refractivity contribution in [3.05, 3.63) is 29.3 Å². The highest BCUT2D eigenvalue weighted by atomic mass is 16.3. The van der Waals surface area contributed by atoms with Crippen LogP contribution in [0.5, 0.6) is 0 Å². The van der Waals surface area contributed by atoms with Crippen molar-refractivity contribution in [2.45, 2.75) is 33.7 Å². The van der Waals surface area contributed by atoms with Crippen LogP contribution in [0.4, 0.5) is 5.69 Å². The summed E-state index contributed by atoms with van der Waals surface area (Å²) in [7, 11) is 0. The van der Waals surface area contributed by atoms with Crippen LogP contribution in [-0.2, 0) is 6.54 Å². The second-order valence-electron chi connectivity index (χ2n) is 4.62. The molecule has 0 aliphatic rings. The molecule has 0 aliphatic carbocycles. The van der Waals surface area contributed by atoms with Gasteiger partial charge in [-0.2, -0.15) is 0 Å². The molecule has 2 N–H and O–H groups in total. The van der Waals surface area contributed by atoms with Crippen molar-refractivity contribution in [2.75, 3.05) is 31.1 Å². The van der Waals surface area contributed by atoms with Crippen molar-refractivity contribution < 1.29 is 5.11 Å². The molecule has 0 saturated carbocycles. The van der Waals surface area contributed by atoms with Crippen molar-refractivity contribution in [3.63, 3.8) is 0 Å². The first-order valence-corrected chi connectivity index (χ1v) is 6.89. The molecular weight excluding hydrogens is 224 g/mol. The van der Waals surface area contributed by atoms with Gasteiger partial charge in [-0.15, -0.1) is 0 Å². The van der Waals surface area contributed by atoms with E-state index in [1.165, 1.54) is 16.8 Å². The second-order valence-corrected chi connectivity index (χ2v) is 4.62. The van der Waals surface area contributed by atoms with Crippen LogP contribution in [0.15, 0.2) is 18.2 Å². The number of hydrogen-bond donors (Lipinski definition) is 2. The van der Waals surface area contributed by atoms with Gasteiger partial charge in [0.1, 0.15) is 0 Å². The standard InChI is InChI=1S/C15H26N2O/c1-4-8-17(9-10-18)15-7-6-13(3)11-14(15)12-16-5-2/h6-7,11,16,18H,4-5,8-10,12H2,1-3H3. The maximum atomic E-state index is 9.19. The van der Waals surface area contributed by atoms with Gasteiger partial charge < -0.3 is 15.3 Å². The SMILES string of the molecule is CCCN(CCO)c1ccc(C)cc1CNCC. The molecule has 0 aromatic heterocycles. The first kappa shape index (κ1) is 15.0. The molecule has 0 radical (unpaired) electrons. The maximum Gasteiger partial charge on any atom is 0.0606 e. The number of aryl methyl sites for hydroxylation is 1. The summed E-state index contributed by atoms with van der Waals surface area (Å²) in [6.07, 6.45) is 1.09. The predicted octanol–water partition coefficient (Wildman–Crippen LogP) is 2.31. The van der Waals surface area contributed by atoms with Gasteiger partial charge in [-0.05, 0) is 31.5 Å². The van der Waals surface area contributed by atoms with Crippen molar-refractivity contribution in [1.29, 1.82) is 0 Å². The van der Waals surface area contributed by atoms with Crippen LogP contribution >= 0.6 is 0 Å². The Bertz CT molecular complexity index is 346. The van der Waals surface area contributed by atoms with Gasteiger partial charge >= 0.3 is 0 Å². The topological polar surface area (TPSA) is 35.5 Å². The lowest BCUT2D eigenvalue weighted by atomic mass is 10.1. The molecule has 0 spiro atoms. The fourth-order valence-corrected chi connectivity index (χ4v) is 2.17. The van der Waals surface area contributed by atoms with E-state index in [1.54, 1.807) is 0 Å². The first-order valence-electron chi connectivity index (χ1n) is 6.89. The van der Waals surface area contributed by atoms with Gasteiger partial charge in [0.2, 0.25) is 0 Å². The summed E-state index contributed by atoms with van der Waals surface area (Å²) >= 11 is 0. The van der Waals surface area contributed by atoms with E-state index < -0.39 is 0 Å². The highest BCUT2D eigenvalue weighted by Gasteiger charge is 2.10. The number of aliphatic hydroxyl groups is 1. The van der Waals surface area contributed by atoms with Crippen LogP contribution < -0.4 is 10.2 Å². The number of anilines is 1. The zero-order valence-electron chi connectivity index (χ0n) is 11.9. The Kier molecular flexibility index (Phi) is 6.76. The van der Waals surface area contributed by atoms with Gasteiger partial charge in [-0.1, -0.05) is 31.5 Å². The average Bonchev–Trinajstić information content (AvgIpc) is 2.36. The van der Waals surface area contributed by atoms with Crippen molar-refractivity contribution in [3.8, 4) is 0 Å². The van der Waals surface area contributed by atoms with Gasteiger partial charge in [0.25, 0.3) is 0 Å². The Morgan fingerprint density at radius 1 is 1.22 bits per heavy atom. The third-order valence-corrected chi connectivity index (χ3v) is 3.00. The minimum absolute atomic E-state index is 0.203. The molecule has 0 unspecified atom stereocenters. The van der Waals surface area contributed by atoms with Crippen LogP contribution in [0, 0.1) is 6.92 Å². The molecule has 0 bridgehead atoms. The van der Waals surface area contributed by atoms with E-state index in [0.717, 1.165) is 26.1 Å². The van der Waals surface area contributed by atoms with Crippen LogP contribution in [0.25, 0.3) is 0 Å². The van der Waals surface area contributed by atoms with Crippen LogP contribution in [0.1, 0.15) is 31.4 Å². The third-order valence-electron chi connectivity index (χ3n) is 3.00. The molecule has 1 aromatic rings. The van der Waals surface area contributed by atoms with Crippen molar-refractivity contribution >= 4 is 5.69 Å². The summed E-state index contributed by atoms with van der Waals surface area (Å²) in [4.78, 5) is 2.27. The zero-order chi connectivity index (χ0) is 13.4. The van der Waals surface area contributed by atoms with E-state index in [4.69, 9.17) is 0 Å².